The van der Waals surface area contributed by atoms with Crippen LogP contribution in [0.25, 0.3) is 5.57 Å². The lowest BCUT2D eigenvalue weighted by Gasteiger charge is -2.33. The third-order valence-corrected chi connectivity index (χ3v) is 5.57. The third-order valence-electron chi connectivity index (χ3n) is 5.57. The van der Waals surface area contributed by atoms with Crippen molar-refractivity contribution >= 4 is 17.4 Å². The molecule has 2 aliphatic heterocycles. The number of nitrogens with zero attached hydrogens (tertiary/aromatic N) is 2. The molecule has 0 spiro atoms. The smallest absolute Gasteiger partial charge is 0.277 e. The Morgan fingerprint density at radius 3 is 2.50 bits per heavy atom. The van der Waals surface area contributed by atoms with Crippen LogP contribution in [0.3, 0.4) is 0 Å². The van der Waals surface area contributed by atoms with E-state index < -0.39 is 0 Å². The molecular weight excluding hydrogens is 380 g/mol. The van der Waals surface area contributed by atoms with Gasteiger partial charge in [0.1, 0.15) is 11.4 Å². The second-order valence-electron chi connectivity index (χ2n) is 8.75. The molecule has 0 bridgehead atoms. The van der Waals surface area contributed by atoms with Crippen LogP contribution in [-0.2, 0) is 14.3 Å². The summed E-state index contributed by atoms with van der Waals surface area (Å²) in [5, 5.41) is 0. The number of piperidine rings is 1. The summed E-state index contributed by atoms with van der Waals surface area (Å²) in [6, 6.07) is 7.55. The van der Waals surface area contributed by atoms with Crippen molar-refractivity contribution in [3.8, 4) is 5.75 Å². The molecule has 0 N–H and O–H groups in total. The van der Waals surface area contributed by atoms with Crippen LogP contribution in [-0.4, -0.2) is 61.6 Å². The van der Waals surface area contributed by atoms with E-state index in [2.05, 4.69) is 25.7 Å². The zero-order valence-corrected chi connectivity index (χ0v) is 18.6. The fourth-order valence-electron chi connectivity index (χ4n) is 4.06. The standard InChI is InChI=1S/C24H34N2O4/c1-17(2)16-30-20-10-8-19(9-11-20)21-22(25-12-5-7-18(3)15-25)24(28)26(23(21)27)13-6-14-29-4/h8-11,17-18H,5-7,12-16H2,1-4H3. The van der Waals surface area contributed by atoms with Gasteiger partial charge in [-0.3, -0.25) is 14.5 Å². The van der Waals surface area contributed by atoms with Gasteiger partial charge in [-0.25, -0.2) is 0 Å². The average Bonchev–Trinajstić information content (AvgIpc) is 2.97. The van der Waals surface area contributed by atoms with E-state index in [-0.39, 0.29) is 11.8 Å². The van der Waals surface area contributed by atoms with Gasteiger partial charge in [0.25, 0.3) is 11.8 Å². The Morgan fingerprint density at radius 1 is 1.13 bits per heavy atom. The molecule has 1 unspecified atom stereocenters. The average molecular weight is 415 g/mol. The van der Waals surface area contributed by atoms with Gasteiger partial charge in [-0.1, -0.05) is 32.9 Å². The number of carbonyl (C=O) groups excluding carboxylic acids is 2. The highest BCUT2D eigenvalue weighted by atomic mass is 16.5. The highest BCUT2D eigenvalue weighted by molar-refractivity contribution is 6.35. The van der Waals surface area contributed by atoms with Gasteiger partial charge in [0.2, 0.25) is 0 Å². The van der Waals surface area contributed by atoms with Crippen LogP contribution in [0.4, 0.5) is 0 Å². The lowest BCUT2D eigenvalue weighted by molar-refractivity contribution is -0.137. The van der Waals surface area contributed by atoms with Gasteiger partial charge >= 0.3 is 0 Å². The van der Waals surface area contributed by atoms with Gasteiger partial charge in [0.15, 0.2) is 0 Å². The first-order valence-corrected chi connectivity index (χ1v) is 11.0. The molecule has 0 aromatic heterocycles. The van der Waals surface area contributed by atoms with Gasteiger partial charge in [-0.2, -0.15) is 0 Å². The number of ether oxygens (including phenoxy) is 2. The molecule has 6 nitrogen and oxygen atoms in total. The molecule has 1 saturated heterocycles. The van der Waals surface area contributed by atoms with Gasteiger partial charge in [-0.15, -0.1) is 0 Å². The van der Waals surface area contributed by atoms with Crippen LogP contribution >= 0.6 is 0 Å². The van der Waals surface area contributed by atoms with E-state index in [4.69, 9.17) is 9.47 Å². The van der Waals surface area contributed by atoms with E-state index in [1.54, 1.807) is 7.11 Å². The summed E-state index contributed by atoms with van der Waals surface area (Å²) in [4.78, 5) is 30.1. The Kier molecular flexibility index (Phi) is 7.53. The first-order chi connectivity index (χ1) is 14.4. The summed E-state index contributed by atoms with van der Waals surface area (Å²) < 4.78 is 10.9. The topological polar surface area (TPSA) is 59.1 Å². The molecule has 0 aliphatic carbocycles. The number of hydrogen-bond acceptors (Lipinski definition) is 5. The summed E-state index contributed by atoms with van der Waals surface area (Å²) in [5.41, 5.74) is 1.84. The van der Waals surface area contributed by atoms with E-state index >= 15 is 0 Å². The molecule has 2 heterocycles. The van der Waals surface area contributed by atoms with Crippen LogP contribution in [0.5, 0.6) is 5.75 Å². The van der Waals surface area contributed by atoms with Crippen molar-refractivity contribution < 1.29 is 19.1 Å². The summed E-state index contributed by atoms with van der Waals surface area (Å²) >= 11 is 0. The zero-order chi connectivity index (χ0) is 21.7. The Balaban J connectivity index is 1.90. The first-order valence-electron chi connectivity index (χ1n) is 11.0. The van der Waals surface area contributed by atoms with Crippen molar-refractivity contribution in [3.05, 3.63) is 35.5 Å². The maximum atomic E-state index is 13.3. The Labute approximate surface area is 179 Å². The Bertz CT molecular complexity index is 785. The fraction of sp³-hybridized carbons (Fsp3) is 0.583. The molecule has 3 rings (SSSR count). The fourth-order valence-corrected chi connectivity index (χ4v) is 4.06. The molecule has 0 radical (unpaired) electrons. The van der Waals surface area contributed by atoms with Crippen LogP contribution in [0.1, 0.15) is 45.6 Å². The van der Waals surface area contributed by atoms with Gasteiger partial charge in [0.05, 0.1) is 12.2 Å². The van der Waals surface area contributed by atoms with Gasteiger partial charge < -0.3 is 14.4 Å². The molecule has 2 aliphatic rings. The number of imide groups is 1. The second-order valence-corrected chi connectivity index (χ2v) is 8.75. The van der Waals surface area contributed by atoms with Crippen LogP contribution in [0.15, 0.2) is 30.0 Å². The van der Waals surface area contributed by atoms with Gasteiger partial charge in [-0.05, 0) is 48.8 Å². The maximum absolute atomic E-state index is 13.3. The van der Waals surface area contributed by atoms with Crippen molar-refractivity contribution in [1.29, 1.82) is 0 Å². The predicted octanol–water partition coefficient (Wildman–Crippen LogP) is 3.57. The molecule has 30 heavy (non-hydrogen) atoms. The van der Waals surface area contributed by atoms with E-state index in [9.17, 15) is 9.59 Å². The number of amides is 2. The summed E-state index contributed by atoms with van der Waals surface area (Å²) in [7, 11) is 1.63. The van der Waals surface area contributed by atoms with E-state index in [0.29, 0.717) is 49.3 Å². The van der Waals surface area contributed by atoms with E-state index in [1.807, 2.05) is 24.3 Å². The SMILES string of the molecule is COCCCN1C(=O)C(c2ccc(OCC(C)C)cc2)=C(N2CCCC(C)C2)C1=O. The van der Waals surface area contributed by atoms with Crippen molar-refractivity contribution in [3.63, 3.8) is 0 Å². The minimum absolute atomic E-state index is 0.180. The van der Waals surface area contributed by atoms with Gasteiger partial charge in [0, 0.05) is 33.4 Å². The molecule has 164 valence electrons. The molecule has 1 atom stereocenters. The molecule has 2 amide bonds. The summed E-state index contributed by atoms with van der Waals surface area (Å²) in [6.45, 7) is 9.55. The van der Waals surface area contributed by atoms with Crippen molar-refractivity contribution in [2.24, 2.45) is 11.8 Å². The molecule has 1 aromatic rings. The molecule has 1 fully saturated rings. The number of likely N-dealkylation sites (tertiary alicyclic amines) is 1. The lowest BCUT2D eigenvalue weighted by Crippen LogP contribution is -2.39. The number of methoxy groups -OCH3 is 1. The minimum atomic E-state index is -0.208. The third kappa shape index (κ3) is 5.04. The maximum Gasteiger partial charge on any atom is 0.277 e. The Morgan fingerprint density at radius 2 is 1.87 bits per heavy atom. The lowest BCUT2D eigenvalue weighted by atomic mass is 9.97. The minimum Gasteiger partial charge on any atom is -0.493 e. The predicted molar refractivity (Wildman–Crippen MR) is 117 cm³/mol. The number of benzene rings is 1. The number of hydrogen-bond donors (Lipinski definition) is 0. The van der Waals surface area contributed by atoms with Crippen molar-refractivity contribution in [2.45, 2.75) is 40.0 Å². The van der Waals surface area contributed by atoms with Crippen LogP contribution in [0, 0.1) is 11.8 Å². The Hall–Kier alpha value is -2.34. The largest absolute Gasteiger partial charge is 0.493 e. The first kappa shape index (κ1) is 22.3. The number of rotatable bonds is 9. The van der Waals surface area contributed by atoms with E-state index in [1.165, 1.54) is 4.90 Å². The van der Waals surface area contributed by atoms with Crippen molar-refractivity contribution in [2.75, 3.05) is 40.0 Å². The highest BCUT2D eigenvalue weighted by Crippen LogP contribution is 2.34. The molecule has 6 heteroatoms. The van der Waals surface area contributed by atoms with Crippen LogP contribution in [0.2, 0.25) is 0 Å². The molecular formula is C24H34N2O4. The quantitative estimate of drug-likeness (QED) is 0.457. The zero-order valence-electron chi connectivity index (χ0n) is 18.6. The normalized spacial score (nSPS) is 20.0. The van der Waals surface area contributed by atoms with Crippen LogP contribution < -0.4 is 4.74 Å². The monoisotopic (exact) mass is 414 g/mol. The second kappa shape index (κ2) is 10.1. The summed E-state index contributed by atoms with van der Waals surface area (Å²) in [6.07, 6.45) is 2.82. The summed E-state index contributed by atoms with van der Waals surface area (Å²) in [5.74, 6) is 1.33. The van der Waals surface area contributed by atoms with E-state index in [0.717, 1.165) is 37.2 Å². The highest BCUT2D eigenvalue weighted by Gasteiger charge is 2.41. The number of carbonyl (C=O) groups is 2. The molecule has 1 aromatic carbocycles. The molecule has 0 saturated carbocycles. The van der Waals surface area contributed by atoms with Crippen molar-refractivity contribution in [1.82, 2.24) is 9.80 Å².